The summed E-state index contributed by atoms with van der Waals surface area (Å²) in [5, 5.41) is 0. The minimum Gasteiger partial charge on any atom is -0.468 e. The minimum atomic E-state index is -0.356. The number of hydrogen-bond acceptors (Lipinski definition) is 6. The molecule has 4 unspecified atom stereocenters. The second kappa shape index (κ2) is 7.83. The Bertz CT molecular complexity index is 843. The molecule has 2 aliphatic rings. The number of rotatable bonds is 5. The molecule has 0 saturated carbocycles. The molecule has 0 radical (unpaired) electrons. The highest BCUT2D eigenvalue weighted by Gasteiger charge is 2.40. The molecule has 2 fully saturated rings. The topological polar surface area (TPSA) is 47.5 Å². The predicted octanol–water partition coefficient (Wildman–Crippen LogP) is 3.22. The van der Waals surface area contributed by atoms with Gasteiger partial charge in [0.25, 0.3) is 11.8 Å². The van der Waals surface area contributed by atoms with E-state index in [1.807, 2.05) is 13.8 Å². The molecule has 2 saturated heterocycles. The van der Waals surface area contributed by atoms with E-state index < -0.39 is 0 Å². The summed E-state index contributed by atoms with van der Waals surface area (Å²) in [5.41, 5.74) is 0.745. The number of halogens is 1. The maximum atomic E-state index is 13.0. The molecule has 1 aromatic heterocycles. The molecule has 1 aromatic carbocycles. The summed E-state index contributed by atoms with van der Waals surface area (Å²) in [4.78, 5) is 2.42. The van der Waals surface area contributed by atoms with Crippen molar-refractivity contribution >= 4 is 11.7 Å². The van der Waals surface area contributed by atoms with Crippen LogP contribution in [0, 0.1) is 29.5 Å². The highest BCUT2D eigenvalue weighted by Crippen LogP contribution is 2.34. The average Bonchev–Trinajstić information content (AvgIpc) is 3.37. The lowest BCUT2D eigenvalue weighted by atomic mass is 10.0. The first kappa shape index (κ1) is 18.2. The molecular weight excluding hydrogens is 365 g/mol. The van der Waals surface area contributed by atoms with Crippen molar-refractivity contribution in [3.05, 3.63) is 35.6 Å². The van der Waals surface area contributed by atoms with Gasteiger partial charge in [0.1, 0.15) is 11.9 Å². The molecule has 5 nitrogen and oxygen atoms in total. The molecule has 3 heterocycles. The van der Waals surface area contributed by atoms with E-state index in [1.54, 1.807) is 12.1 Å². The number of hydrogen-bond donors (Lipinski definition) is 0. The first-order valence-electron chi connectivity index (χ1n) is 9.24. The molecule has 0 spiro atoms. The van der Waals surface area contributed by atoms with Gasteiger partial charge in [0.2, 0.25) is 0 Å². The van der Waals surface area contributed by atoms with Crippen LogP contribution in [0.4, 0.5) is 4.39 Å². The van der Waals surface area contributed by atoms with Crippen LogP contribution in [0.1, 0.15) is 25.8 Å². The third-order valence-electron chi connectivity index (χ3n) is 5.01. The molecule has 2 aliphatic heterocycles. The van der Waals surface area contributed by atoms with Gasteiger partial charge in [0, 0.05) is 30.5 Å². The van der Waals surface area contributed by atoms with Crippen LogP contribution < -0.4 is 9.47 Å². The lowest BCUT2D eigenvalue weighted by Crippen LogP contribution is -2.32. The van der Waals surface area contributed by atoms with Crippen LogP contribution in [0.2, 0.25) is 0 Å². The average molecular weight is 387 g/mol. The Balaban J connectivity index is 1.45. The van der Waals surface area contributed by atoms with Crippen molar-refractivity contribution in [1.29, 1.82) is 0 Å². The van der Waals surface area contributed by atoms with E-state index in [0.717, 1.165) is 36.9 Å². The van der Waals surface area contributed by atoms with Gasteiger partial charge in [-0.2, -0.15) is 0 Å². The van der Waals surface area contributed by atoms with Gasteiger partial charge in [0.15, 0.2) is 6.10 Å². The number of fused-ring (bicyclic) bond motifs is 2. The summed E-state index contributed by atoms with van der Waals surface area (Å²) in [6.45, 7) is 7.29. The molecule has 2 aromatic rings. The molecule has 142 valence electrons. The number of piperidine rings is 1. The largest absolute Gasteiger partial charge is 0.468 e. The Morgan fingerprint density at radius 1 is 1.19 bits per heavy atom. The summed E-state index contributed by atoms with van der Waals surface area (Å²) in [5.74, 6) is 7.49. The number of ether oxygens (including phenoxy) is 2. The first-order valence-corrected chi connectivity index (χ1v) is 9.97. The van der Waals surface area contributed by atoms with Crippen molar-refractivity contribution in [3.63, 3.8) is 0 Å². The zero-order chi connectivity index (χ0) is 18.8. The Morgan fingerprint density at radius 2 is 1.96 bits per heavy atom. The maximum Gasteiger partial charge on any atom is 0.292 e. The van der Waals surface area contributed by atoms with Crippen LogP contribution in [0.5, 0.6) is 11.8 Å². The van der Waals surface area contributed by atoms with E-state index in [1.165, 1.54) is 18.6 Å². The summed E-state index contributed by atoms with van der Waals surface area (Å²) in [6, 6.07) is 6.11. The molecule has 0 aliphatic carbocycles. The summed E-state index contributed by atoms with van der Waals surface area (Å²) < 4.78 is 33.7. The monoisotopic (exact) mass is 387 g/mol. The quantitative estimate of drug-likeness (QED) is 0.738. The molecule has 4 rings (SSSR count). The normalized spacial score (nSPS) is 24.5. The van der Waals surface area contributed by atoms with Crippen LogP contribution in [0.3, 0.4) is 0 Å². The standard InChI is InChI=1S/C20H22FN3O2S/c1-13(2)17(8-5-14-3-6-16(21)7-4-14)25-19-20(23-27-22-19)26-18-12-24-10-9-15(18)11-24/h3-4,6-7,13,15,17-18H,9-12H2,1-2H3. The smallest absolute Gasteiger partial charge is 0.292 e. The Kier molecular flexibility index (Phi) is 5.28. The third-order valence-corrected chi connectivity index (χ3v) is 5.51. The van der Waals surface area contributed by atoms with Crippen LogP contribution in [-0.2, 0) is 0 Å². The molecule has 0 N–H and O–H groups in total. The highest BCUT2D eigenvalue weighted by molar-refractivity contribution is 6.99. The van der Waals surface area contributed by atoms with E-state index >= 15 is 0 Å². The molecule has 27 heavy (non-hydrogen) atoms. The molecular formula is C20H22FN3O2S. The molecule has 2 bridgehead atoms. The van der Waals surface area contributed by atoms with E-state index in [2.05, 4.69) is 25.5 Å². The molecule has 7 heteroatoms. The Hall–Kier alpha value is -2.17. The Morgan fingerprint density at radius 3 is 2.63 bits per heavy atom. The maximum absolute atomic E-state index is 13.0. The number of benzene rings is 1. The Labute approximate surface area is 162 Å². The van der Waals surface area contributed by atoms with Gasteiger partial charge < -0.3 is 9.47 Å². The van der Waals surface area contributed by atoms with Gasteiger partial charge in [-0.25, -0.2) is 4.39 Å². The summed E-state index contributed by atoms with van der Waals surface area (Å²) >= 11 is 1.09. The van der Waals surface area contributed by atoms with Crippen molar-refractivity contribution in [3.8, 4) is 23.6 Å². The lowest BCUT2D eigenvalue weighted by molar-refractivity contribution is 0.122. The van der Waals surface area contributed by atoms with Crippen molar-refractivity contribution in [2.75, 3.05) is 19.6 Å². The lowest BCUT2D eigenvalue weighted by Gasteiger charge is -2.23. The van der Waals surface area contributed by atoms with E-state index in [9.17, 15) is 4.39 Å². The molecule has 0 amide bonds. The number of aromatic nitrogens is 2. The fourth-order valence-corrected chi connectivity index (χ4v) is 3.90. The van der Waals surface area contributed by atoms with Crippen molar-refractivity contribution in [2.45, 2.75) is 32.5 Å². The van der Waals surface area contributed by atoms with Crippen molar-refractivity contribution < 1.29 is 13.9 Å². The van der Waals surface area contributed by atoms with Crippen molar-refractivity contribution in [2.24, 2.45) is 11.8 Å². The zero-order valence-corrected chi connectivity index (χ0v) is 16.2. The second-order valence-electron chi connectivity index (χ2n) is 7.40. The van der Waals surface area contributed by atoms with Crippen LogP contribution in [0.15, 0.2) is 24.3 Å². The van der Waals surface area contributed by atoms with Gasteiger partial charge in [0.05, 0.1) is 11.7 Å². The van der Waals surface area contributed by atoms with Crippen LogP contribution >= 0.6 is 11.7 Å². The fraction of sp³-hybridized carbons (Fsp3) is 0.500. The first-order chi connectivity index (χ1) is 13.1. The third kappa shape index (κ3) is 4.23. The summed E-state index contributed by atoms with van der Waals surface area (Å²) in [7, 11) is 0. The fourth-order valence-electron chi connectivity index (χ4n) is 3.47. The SMILES string of the molecule is CC(C)C(C#Cc1ccc(F)cc1)Oc1nsnc1OC1CN2CCC1C2. The second-order valence-corrected chi connectivity index (χ2v) is 7.93. The van der Waals surface area contributed by atoms with Gasteiger partial charge in [-0.15, -0.1) is 8.75 Å². The minimum absolute atomic E-state index is 0.154. The van der Waals surface area contributed by atoms with E-state index in [4.69, 9.17) is 9.47 Å². The number of nitrogens with zero attached hydrogens (tertiary/aromatic N) is 3. The highest BCUT2D eigenvalue weighted by atomic mass is 32.1. The van der Waals surface area contributed by atoms with Crippen LogP contribution in [0.25, 0.3) is 0 Å². The predicted molar refractivity (Wildman–Crippen MR) is 101 cm³/mol. The molecule has 4 atom stereocenters. The van der Waals surface area contributed by atoms with Gasteiger partial charge in [-0.05, 0) is 37.2 Å². The van der Waals surface area contributed by atoms with Gasteiger partial charge >= 0.3 is 0 Å². The van der Waals surface area contributed by atoms with E-state index in [-0.39, 0.29) is 23.9 Å². The van der Waals surface area contributed by atoms with Gasteiger partial charge in [-0.1, -0.05) is 25.7 Å². The zero-order valence-electron chi connectivity index (χ0n) is 15.4. The summed E-state index contributed by atoms with van der Waals surface area (Å²) in [6.07, 6.45) is 0.980. The van der Waals surface area contributed by atoms with Gasteiger partial charge in [-0.3, -0.25) is 4.90 Å². The van der Waals surface area contributed by atoms with Crippen LogP contribution in [-0.4, -0.2) is 45.5 Å². The van der Waals surface area contributed by atoms with E-state index in [0.29, 0.717) is 17.7 Å². The van der Waals surface area contributed by atoms with Crippen molar-refractivity contribution in [1.82, 2.24) is 13.6 Å².